The van der Waals surface area contributed by atoms with Gasteiger partial charge in [0.2, 0.25) is 10.0 Å². The molecule has 32 heavy (non-hydrogen) atoms. The van der Waals surface area contributed by atoms with Crippen molar-refractivity contribution >= 4 is 28.3 Å². The van der Waals surface area contributed by atoms with E-state index in [-0.39, 0.29) is 5.82 Å². The minimum absolute atomic E-state index is 0.356. The van der Waals surface area contributed by atoms with Gasteiger partial charge < -0.3 is 4.57 Å². The fourth-order valence-corrected chi connectivity index (χ4v) is 4.95. The summed E-state index contributed by atoms with van der Waals surface area (Å²) in [6, 6.07) is 15.8. The van der Waals surface area contributed by atoms with E-state index in [1.54, 1.807) is 40.6 Å². The number of sulfonamides is 1. The molecule has 10 heteroatoms. The van der Waals surface area contributed by atoms with Crippen molar-refractivity contribution in [3.05, 3.63) is 76.2 Å². The van der Waals surface area contributed by atoms with Crippen molar-refractivity contribution in [3.8, 4) is 11.4 Å². The maximum absolute atomic E-state index is 14.2. The Bertz CT molecular complexity index is 1280. The topological polar surface area (TPSA) is 63.4 Å². The van der Waals surface area contributed by atoms with E-state index in [4.69, 9.17) is 12.2 Å². The summed E-state index contributed by atoms with van der Waals surface area (Å²) in [6.45, 7) is 2.26. The van der Waals surface area contributed by atoms with E-state index < -0.39 is 10.0 Å². The van der Waals surface area contributed by atoms with E-state index in [1.807, 2.05) is 30.3 Å². The maximum Gasteiger partial charge on any atom is 0.236 e. The van der Waals surface area contributed by atoms with Gasteiger partial charge in [-0.1, -0.05) is 42.5 Å². The smallest absolute Gasteiger partial charge is 0.236 e. The van der Waals surface area contributed by atoms with Crippen LogP contribution in [0.4, 0.5) is 4.39 Å². The van der Waals surface area contributed by atoms with Crippen molar-refractivity contribution in [2.45, 2.75) is 6.67 Å². The zero-order valence-corrected chi connectivity index (χ0v) is 19.3. The van der Waals surface area contributed by atoms with Crippen LogP contribution in [0.1, 0.15) is 5.56 Å². The van der Waals surface area contributed by atoms with Gasteiger partial charge in [-0.05, 0) is 36.0 Å². The Kier molecular flexibility index (Phi) is 6.66. The Morgan fingerprint density at radius 3 is 2.38 bits per heavy atom. The Hall–Kier alpha value is -2.66. The van der Waals surface area contributed by atoms with Crippen molar-refractivity contribution in [1.29, 1.82) is 0 Å². The summed E-state index contributed by atoms with van der Waals surface area (Å²) in [5, 5.41) is 5.77. The van der Waals surface area contributed by atoms with E-state index >= 15 is 0 Å². The molecule has 0 spiro atoms. The van der Waals surface area contributed by atoms with Crippen molar-refractivity contribution in [1.82, 2.24) is 23.6 Å². The number of aromatic nitrogens is 3. The van der Waals surface area contributed by atoms with Gasteiger partial charge in [-0.2, -0.15) is 9.40 Å². The first-order chi connectivity index (χ1) is 15.3. The molecule has 3 aromatic rings. The molecular weight excluding hydrogens is 449 g/mol. The zero-order chi connectivity index (χ0) is 22.7. The highest BCUT2D eigenvalue weighted by atomic mass is 32.2. The molecule has 0 atom stereocenters. The molecule has 0 amide bonds. The summed E-state index contributed by atoms with van der Waals surface area (Å²) in [6.07, 6.45) is 1.61. The van der Waals surface area contributed by atoms with E-state index in [0.29, 0.717) is 49.0 Å². The fraction of sp³-hybridized carbons (Fsp3) is 0.273. The molecule has 0 unspecified atom stereocenters. The van der Waals surface area contributed by atoms with Gasteiger partial charge in [0.05, 0.1) is 12.2 Å². The summed E-state index contributed by atoms with van der Waals surface area (Å²) in [7, 11) is -1.73. The van der Waals surface area contributed by atoms with Crippen LogP contribution in [-0.4, -0.2) is 58.1 Å². The molecule has 0 bridgehead atoms. The van der Waals surface area contributed by atoms with Crippen LogP contribution in [-0.2, 0) is 23.7 Å². The summed E-state index contributed by atoms with van der Waals surface area (Å²) in [5.41, 5.74) is 1.23. The lowest BCUT2D eigenvalue weighted by Gasteiger charge is -2.32. The van der Waals surface area contributed by atoms with Gasteiger partial charge in [-0.3, -0.25) is 4.90 Å². The quantitative estimate of drug-likeness (QED) is 0.514. The first-order valence-corrected chi connectivity index (χ1v) is 12.1. The van der Waals surface area contributed by atoms with Gasteiger partial charge in [0, 0.05) is 38.6 Å². The lowest BCUT2D eigenvalue weighted by Crippen LogP contribution is -2.48. The predicted octanol–water partition coefficient (Wildman–Crippen LogP) is 3.33. The maximum atomic E-state index is 14.2. The second kappa shape index (κ2) is 9.45. The average molecular weight is 474 g/mol. The van der Waals surface area contributed by atoms with E-state index in [1.165, 1.54) is 15.8 Å². The van der Waals surface area contributed by atoms with Gasteiger partial charge in [-0.15, -0.1) is 0 Å². The van der Waals surface area contributed by atoms with E-state index in [0.717, 1.165) is 5.56 Å². The monoisotopic (exact) mass is 473 g/mol. The molecule has 7 nitrogen and oxygen atoms in total. The lowest BCUT2D eigenvalue weighted by molar-refractivity contribution is 0.145. The van der Waals surface area contributed by atoms with Gasteiger partial charge in [-0.25, -0.2) is 17.5 Å². The fourth-order valence-electron chi connectivity index (χ4n) is 3.59. The molecule has 0 saturated carbocycles. The predicted molar refractivity (Wildman–Crippen MR) is 125 cm³/mol. The number of hydrogen-bond acceptors (Lipinski definition) is 5. The summed E-state index contributed by atoms with van der Waals surface area (Å²) < 4.78 is 44.8. The van der Waals surface area contributed by atoms with Crippen molar-refractivity contribution in [2.24, 2.45) is 7.05 Å². The van der Waals surface area contributed by atoms with Crippen LogP contribution in [0.2, 0.25) is 0 Å². The first-order valence-electron chi connectivity index (χ1n) is 10.2. The van der Waals surface area contributed by atoms with E-state index in [9.17, 15) is 12.8 Å². The lowest BCUT2D eigenvalue weighted by atomic mass is 10.2. The van der Waals surface area contributed by atoms with Crippen LogP contribution in [0.25, 0.3) is 17.5 Å². The van der Waals surface area contributed by atoms with Crippen LogP contribution in [0.15, 0.2) is 60.0 Å². The van der Waals surface area contributed by atoms with Crippen molar-refractivity contribution in [2.75, 3.05) is 26.2 Å². The molecule has 0 aliphatic carbocycles. The normalized spacial score (nSPS) is 16.1. The minimum Gasteiger partial charge on any atom is -0.303 e. The molecule has 168 valence electrons. The molecule has 0 radical (unpaired) electrons. The van der Waals surface area contributed by atoms with Crippen LogP contribution in [0.3, 0.4) is 0 Å². The van der Waals surface area contributed by atoms with Gasteiger partial charge in [0.15, 0.2) is 10.6 Å². The third kappa shape index (κ3) is 4.88. The number of hydrogen-bond donors (Lipinski definition) is 0. The van der Waals surface area contributed by atoms with Gasteiger partial charge in [0.1, 0.15) is 5.82 Å². The third-order valence-electron chi connectivity index (χ3n) is 5.41. The molecule has 2 heterocycles. The molecule has 4 rings (SSSR count). The highest BCUT2D eigenvalue weighted by Gasteiger charge is 2.25. The Balaban J connectivity index is 1.41. The van der Waals surface area contributed by atoms with Gasteiger partial charge in [0.25, 0.3) is 0 Å². The van der Waals surface area contributed by atoms with Crippen LogP contribution in [0.5, 0.6) is 0 Å². The Labute approximate surface area is 192 Å². The summed E-state index contributed by atoms with van der Waals surface area (Å²) in [4.78, 5) is 2.08. The van der Waals surface area contributed by atoms with Crippen molar-refractivity contribution < 1.29 is 12.8 Å². The second-order valence-electron chi connectivity index (χ2n) is 7.56. The zero-order valence-electron chi connectivity index (χ0n) is 17.6. The molecule has 2 aromatic carbocycles. The number of piperazine rings is 1. The molecule has 1 aliphatic heterocycles. The molecule has 1 saturated heterocycles. The van der Waals surface area contributed by atoms with Gasteiger partial charge >= 0.3 is 0 Å². The standard InChI is InChI=1S/C22H24FN5O2S2/c1-25-21(19-9-5-6-10-20(19)23)24-28(22(25)31)17-26-12-14-27(15-13-26)32(29,30)16-11-18-7-3-2-4-8-18/h2-11,16H,12-15,17H2,1H3/b16-11+. The Morgan fingerprint density at radius 1 is 1.03 bits per heavy atom. The van der Waals surface area contributed by atoms with Crippen molar-refractivity contribution in [3.63, 3.8) is 0 Å². The minimum atomic E-state index is -3.49. The highest BCUT2D eigenvalue weighted by molar-refractivity contribution is 7.92. The van der Waals surface area contributed by atoms with Crippen LogP contribution >= 0.6 is 12.2 Å². The van der Waals surface area contributed by atoms with Crippen LogP contribution in [0, 0.1) is 10.6 Å². The Morgan fingerprint density at radius 2 is 1.69 bits per heavy atom. The molecule has 1 aromatic heterocycles. The number of benzene rings is 2. The molecule has 0 N–H and O–H groups in total. The van der Waals surface area contributed by atoms with E-state index in [2.05, 4.69) is 10.00 Å². The summed E-state index contributed by atoms with van der Waals surface area (Å²) in [5.74, 6) is 0.102. The molecule has 1 fully saturated rings. The van der Waals surface area contributed by atoms with Crippen LogP contribution < -0.4 is 0 Å². The first kappa shape index (κ1) is 22.5. The number of rotatable bonds is 6. The SMILES string of the molecule is Cn1c(-c2ccccc2F)nn(CN2CCN(S(=O)(=O)/C=C/c3ccccc3)CC2)c1=S. The number of halogens is 1. The second-order valence-corrected chi connectivity index (χ2v) is 9.75. The summed E-state index contributed by atoms with van der Waals surface area (Å²) >= 11 is 5.49. The molecule has 1 aliphatic rings. The molecular formula is C22H24FN5O2S2. The third-order valence-corrected chi connectivity index (χ3v) is 7.46. The average Bonchev–Trinajstić information content (AvgIpc) is 3.07. The number of nitrogens with zero attached hydrogens (tertiary/aromatic N) is 5. The highest BCUT2D eigenvalue weighted by Crippen LogP contribution is 2.21. The largest absolute Gasteiger partial charge is 0.303 e.